The molecule has 3 saturated carbocycles. The van der Waals surface area contributed by atoms with Gasteiger partial charge in [-0.3, -0.25) is 14.5 Å². The van der Waals surface area contributed by atoms with Crippen molar-refractivity contribution in [1.29, 1.82) is 0 Å². The van der Waals surface area contributed by atoms with Gasteiger partial charge in [0.05, 0.1) is 5.56 Å². The van der Waals surface area contributed by atoms with Crippen LogP contribution in [0.4, 0.5) is 0 Å². The van der Waals surface area contributed by atoms with Gasteiger partial charge >= 0.3 is 0 Å². The first-order valence-corrected chi connectivity index (χ1v) is 13.6. The first-order valence-electron chi connectivity index (χ1n) is 13.6. The van der Waals surface area contributed by atoms with Crippen LogP contribution >= 0.6 is 0 Å². The molecule has 1 aromatic heterocycles. The molecular formula is C29H33N3O3. The lowest BCUT2D eigenvalue weighted by molar-refractivity contribution is -0.102. The van der Waals surface area contributed by atoms with Crippen LogP contribution in [0.2, 0.25) is 0 Å². The number of rotatable bonds is 3. The molecule has 0 radical (unpaired) electrons. The summed E-state index contributed by atoms with van der Waals surface area (Å²) < 4.78 is 0. The summed E-state index contributed by atoms with van der Waals surface area (Å²) in [6, 6.07) is 10.1. The summed E-state index contributed by atoms with van der Waals surface area (Å²) in [5.74, 6) is 2.29. The van der Waals surface area contributed by atoms with E-state index >= 15 is 0 Å². The Bertz CT molecular complexity index is 1280. The standard InChI is InChI=1S/C29H33N3O3/c33-21-5-3-18-11-24-28-8-7-23-26(29(28,22(18)12-21)9-10-31(24)15-17-1-2-17)20(13-28)16-32(23)27(35)19-4-6-25(34)30-14-19/h3-6,12,14,17,20,23-24,26,33H,1-2,7-11,13,15-16H2,(H,30,34)/t20-,23?,24?,26?,28?,29?/m1/s1. The number of amides is 1. The normalized spacial score (nSPS) is 38.8. The van der Waals surface area contributed by atoms with Crippen molar-refractivity contribution in [3.05, 3.63) is 63.6 Å². The van der Waals surface area contributed by atoms with Gasteiger partial charge in [0.2, 0.25) is 5.56 Å². The van der Waals surface area contributed by atoms with Gasteiger partial charge in [-0.1, -0.05) is 6.07 Å². The largest absolute Gasteiger partial charge is 0.508 e. The molecule has 2 aromatic rings. The predicted octanol–water partition coefficient (Wildman–Crippen LogP) is 3.30. The highest BCUT2D eigenvalue weighted by Gasteiger charge is 2.76. The number of carbonyl (C=O) groups is 1. The van der Waals surface area contributed by atoms with E-state index < -0.39 is 0 Å². The van der Waals surface area contributed by atoms with E-state index in [2.05, 4.69) is 26.9 Å². The van der Waals surface area contributed by atoms with Gasteiger partial charge in [0.1, 0.15) is 5.75 Å². The van der Waals surface area contributed by atoms with Crippen molar-refractivity contribution < 1.29 is 9.90 Å². The molecule has 5 fully saturated rings. The fourth-order valence-corrected chi connectivity index (χ4v) is 9.89. The number of hydrogen-bond donors (Lipinski definition) is 2. The maximum absolute atomic E-state index is 13.6. The summed E-state index contributed by atoms with van der Waals surface area (Å²) >= 11 is 0. The first kappa shape index (κ1) is 20.6. The molecule has 4 aliphatic carbocycles. The zero-order valence-corrected chi connectivity index (χ0v) is 20.1. The highest BCUT2D eigenvalue weighted by molar-refractivity contribution is 5.94. The van der Waals surface area contributed by atoms with Crippen LogP contribution in [-0.2, 0) is 11.8 Å². The topological polar surface area (TPSA) is 76.6 Å². The number of carbonyl (C=O) groups excluding carboxylic acids is 1. The van der Waals surface area contributed by atoms with Gasteiger partial charge in [0.15, 0.2) is 0 Å². The third kappa shape index (κ3) is 2.54. The average Bonchev–Trinajstić information content (AvgIpc) is 3.54. The highest BCUT2D eigenvalue weighted by Crippen LogP contribution is 2.75. The molecule has 5 unspecified atom stereocenters. The molecule has 182 valence electrons. The minimum Gasteiger partial charge on any atom is -0.508 e. The number of aromatic nitrogens is 1. The summed E-state index contributed by atoms with van der Waals surface area (Å²) in [5.41, 5.74) is 3.55. The Hall–Kier alpha value is -2.60. The third-order valence-corrected chi connectivity index (χ3v) is 11.1. The zero-order valence-electron chi connectivity index (χ0n) is 20.1. The number of aromatic hydroxyl groups is 1. The predicted molar refractivity (Wildman–Crippen MR) is 131 cm³/mol. The SMILES string of the molecule is O=C(c1ccc(=O)[nH]c1)N1C[C@H]2CC34CCC1C2C31CCN(CC2CC2)C4Cc2ccc(O)cc21. The minimum atomic E-state index is -0.177. The fraction of sp³-hybridized carbons (Fsp3) is 0.586. The number of piperidine rings is 1. The van der Waals surface area contributed by atoms with Gasteiger partial charge in [-0.25, -0.2) is 0 Å². The van der Waals surface area contributed by atoms with Gasteiger partial charge in [0.25, 0.3) is 5.91 Å². The fourth-order valence-electron chi connectivity index (χ4n) is 9.89. The number of nitrogens with zero attached hydrogens (tertiary/aromatic N) is 2. The molecule has 2 N–H and O–H groups in total. The smallest absolute Gasteiger partial charge is 0.255 e. The van der Waals surface area contributed by atoms with Crippen LogP contribution in [0.5, 0.6) is 5.75 Å². The van der Waals surface area contributed by atoms with Crippen molar-refractivity contribution in [1.82, 2.24) is 14.8 Å². The van der Waals surface area contributed by atoms with Gasteiger partial charge in [-0.2, -0.15) is 0 Å². The van der Waals surface area contributed by atoms with Crippen LogP contribution in [0.3, 0.4) is 0 Å². The van der Waals surface area contributed by atoms with Crippen LogP contribution in [-0.4, -0.2) is 57.5 Å². The third-order valence-electron chi connectivity index (χ3n) is 11.1. The number of likely N-dealkylation sites (tertiary alicyclic amines) is 2. The Balaban J connectivity index is 1.24. The molecule has 6 nitrogen and oxygen atoms in total. The molecule has 6 aliphatic rings. The second-order valence-corrected chi connectivity index (χ2v) is 12.4. The second kappa shape index (κ2) is 6.78. The van der Waals surface area contributed by atoms with E-state index in [1.807, 2.05) is 6.07 Å². The summed E-state index contributed by atoms with van der Waals surface area (Å²) in [7, 11) is 0. The van der Waals surface area contributed by atoms with Crippen molar-refractivity contribution in [3.63, 3.8) is 0 Å². The Morgan fingerprint density at radius 1 is 1.14 bits per heavy atom. The number of hydrogen-bond acceptors (Lipinski definition) is 4. The molecule has 2 aliphatic heterocycles. The van der Waals surface area contributed by atoms with Crippen molar-refractivity contribution in [2.45, 2.75) is 62.4 Å². The van der Waals surface area contributed by atoms with Crippen LogP contribution in [0, 0.1) is 23.2 Å². The monoisotopic (exact) mass is 471 g/mol. The van der Waals surface area contributed by atoms with E-state index in [1.165, 1.54) is 49.4 Å². The van der Waals surface area contributed by atoms with Crippen molar-refractivity contribution in [2.24, 2.45) is 23.2 Å². The molecule has 1 aromatic carbocycles. The van der Waals surface area contributed by atoms with Gasteiger partial charge in [0, 0.05) is 42.9 Å². The van der Waals surface area contributed by atoms with Crippen molar-refractivity contribution >= 4 is 5.91 Å². The Labute approximate surface area is 205 Å². The lowest BCUT2D eigenvalue weighted by Crippen LogP contribution is -2.69. The molecule has 3 heterocycles. The molecular weight excluding hydrogens is 438 g/mol. The minimum absolute atomic E-state index is 0.0532. The van der Waals surface area contributed by atoms with E-state index in [9.17, 15) is 14.7 Å². The van der Waals surface area contributed by atoms with Crippen molar-refractivity contribution in [3.8, 4) is 5.75 Å². The lowest BCUT2D eigenvalue weighted by atomic mass is 9.43. The summed E-state index contributed by atoms with van der Waals surface area (Å²) in [4.78, 5) is 32.9. The Morgan fingerprint density at radius 3 is 2.83 bits per heavy atom. The van der Waals surface area contributed by atoms with Gasteiger partial charge in [-0.15, -0.1) is 0 Å². The molecule has 6 heteroatoms. The number of phenolic OH excluding ortho intramolecular Hbond substituents is 1. The maximum Gasteiger partial charge on any atom is 0.255 e. The number of benzene rings is 1. The Morgan fingerprint density at radius 2 is 2.03 bits per heavy atom. The molecule has 0 spiro atoms. The molecule has 2 saturated heterocycles. The number of fused-ring (bicyclic) bond motifs is 1. The van der Waals surface area contributed by atoms with E-state index in [0.717, 1.165) is 38.3 Å². The highest BCUT2D eigenvalue weighted by atomic mass is 16.3. The number of H-pyrrole nitrogens is 1. The maximum atomic E-state index is 13.6. The lowest BCUT2D eigenvalue weighted by Gasteiger charge is -2.66. The number of phenols is 1. The van der Waals surface area contributed by atoms with Gasteiger partial charge < -0.3 is 15.0 Å². The average molecular weight is 472 g/mol. The summed E-state index contributed by atoms with van der Waals surface area (Å²) in [6.45, 7) is 3.22. The van der Waals surface area contributed by atoms with E-state index in [4.69, 9.17) is 0 Å². The Kier molecular flexibility index (Phi) is 3.99. The van der Waals surface area contributed by atoms with Crippen LogP contribution in [0.15, 0.2) is 41.3 Å². The van der Waals surface area contributed by atoms with E-state index in [0.29, 0.717) is 29.2 Å². The van der Waals surface area contributed by atoms with Crippen LogP contribution < -0.4 is 5.56 Å². The number of nitrogens with one attached hydrogen (secondary N) is 1. The first-order chi connectivity index (χ1) is 17.0. The molecule has 1 amide bonds. The van der Waals surface area contributed by atoms with Gasteiger partial charge in [-0.05, 0) is 104 Å². The summed E-state index contributed by atoms with van der Waals surface area (Å²) in [5, 5.41) is 10.6. The molecule has 6 atom stereocenters. The van der Waals surface area contributed by atoms with Crippen LogP contribution in [0.25, 0.3) is 0 Å². The second-order valence-electron chi connectivity index (χ2n) is 12.4. The number of aromatic amines is 1. The number of pyridine rings is 1. The van der Waals surface area contributed by atoms with Crippen molar-refractivity contribution in [2.75, 3.05) is 19.6 Å². The zero-order chi connectivity index (χ0) is 23.5. The quantitative estimate of drug-likeness (QED) is 0.720. The van der Waals surface area contributed by atoms with Crippen LogP contribution in [0.1, 0.15) is 60.0 Å². The van der Waals surface area contributed by atoms with E-state index in [1.54, 1.807) is 12.3 Å². The molecule has 4 bridgehead atoms. The molecule has 35 heavy (non-hydrogen) atoms. The summed E-state index contributed by atoms with van der Waals surface area (Å²) in [6.07, 6.45) is 10.0. The van der Waals surface area contributed by atoms with E-state index in [-0.39, 0.29) is 28.3 Å². The molecule has 8 rings (SSSR count).